The molecule has 1 unspecified atom stereocenters. The highest BCUT2D eigenvalue weighted by atomic mass is 16.6. The molecule has 0 aliphatic carbocycles. The van der Waals surface area contributed by atoms with Crippen LogP contribution in [-0.2, 0) is 16.0 Å². The predicted octanol–water partition coefficient (Wildman–Crippen LogP) is 6.27. The van der Waals surface area contributed by atoms with Crippen molar-refractivity contribution in [2.45, 2.75) is 24.1 Å². The molecule has 2 aromatic heterocycles. The van der Waals surface area contributed by atoms with Gasteiger partial charge in [-0.2, -0.15) is 0 Å². The number of hydrogen-bond acceptors (Lipinski definition) is 7. The molecule has 1 fully saturated rings. The number of aromatic nitrogens is 2. The molecular formula is C37H31N5O2. The van der Waals surface area contributed by atoms with Crippen molar-refractivity contribution < 1.29 is 9.53 Å². The third-order valence-corrected chi connectivity index (χ3v) is 9.18. The average Bonchev–Trinajstić information content (AvgIpc) is 3.67. The van der Waals surface area contributed by atoms with E-state index in [-0.39, 0.29) is 5.97 Å². The number of carbonyl (C=O) groups is 1. The molecule has 0 saturated carbocycles. The van der Waals surface area contributed by atoms with Gasteiger partial charge in [0.1, 0.15) is 11.3 Å². The van der Waals surface area contributed by atoms with E-state index < -0.39 is 11.3 Å². The Hall–Kier alpha value is -5.11. The van der Waals surface area contributed by atoms with Gasteiger partial charge in [0.15, 0.2) is 0 Å². The highest BCUT2D eigenvalue weighted by molar-refractivity contribution is 5.94. The van der Waals surface area contributed by atoms with Gasteiger partial charge in [-0.05, 0) is 52.6 Å². The summed E-state index contributed by atoms with van der Waals surface area (Å²) in [4.78, 5) is 24.2. The van der Waals surface area contributed by atoms with Gasteiger partial charge in [0, 0.05) is 55.6 Å². The summed E-state index contributed by atoms with van der Waals surface area (Å²) in [5, 5.41) is 0. The number of likely N-dealkylation sites (tertiary alicyclic amines) is 1. The van der Waals surface area contributed by atoms with Crippen molar-refractivity contribution >= 4 is 11.7 Å². The molecule has 3 aliphatic rings. The smallest absolute Gasteiger partial charge is 0.339 e. The van der Waals surface area contributed by atoms with Crippen molar-refractivity contribution in [2.24, 2.45) is 0 Å². The Labute approximate surface area is 256 Å². The zero-order chi connectivity index (χ0) is 29.6. The summed E-state index contributed by atoms with van der Waals surface area (Å²) >= 11 is 0. The standard InChI is InChI=1S/C37H31N5O2/c43-35-31-15-18-38-25-32(31)36(44-35)16-20-42(21-17-36)37(30-14-19-39-33(23-30)27-10-5-2-6-11-27)24-34(40-41-37)29-13-7-12-28(22-29)26-8-3-1-4-9-26/h1-15,18-19,22-25,40-41H,16-17,20-21H2. The van der Waals surface area contributed by atoms with E-state index in [0.717, 1.165) is 39.2 Å². The van der Waals surface area contributed by atoms with E-state index in [1.807, 2.05) is 30.5 Å². The number of rotatable bonds is 5. The fraction of sp³-hybridized carbons (Fsp3) is 0.162. The molecule has 1 spiro atoms. The number of benzene rings is 3. The van der Waals surface area contributed by atoms with Crippen LogP contribution < -0.4 is 10.9 Å². The van der Waals surface area contributed by atoms with Crippen LogP contribution in [0.2, 0.25) is 0 Å². The molecule has 1 atom stereocenters. The summed E-state index contributed by atoms with van der Waals surface area (Å²) in [7, 11) is 0. The number of nitrogens with one attached hydrogen (secondary N) is 2. The minimum atomic E-state index is -0.660. The van der Waals surface area contributed by atoms with Gasteiger partial charge in [-0.15, -0.1) is 0 Å². The van der Waals surface area contributed by atoms with Gasteiger partial charge in [0.2, 0.25) is 0 Å². The van der Waals surface area contributed by atoms with Gasteiger partial charge in [-0.25, -0.2) is 10.2 Å². The van der Waals surface area contributed by atoms with Crippen LogP contribution in [0, 0.1) is 0 Å². The van der Waals surface area contributed by atoms with Crippen molar-refractivity contribution in [2.75, 3.05) is 13.1 Å². The summed E-state index contributed by atoms with van der Waals surface area (Å²) in [6, 6.07) is 35.3. The van der Waals surface area contributed by atoms with Gasteiger partial charge < -0.3 is 10.2 Å². The Kier molecular flexibility index (Phi) is 6.36. The molecule has 1 saturated heterocycles. The Morgan fingerprint density at radius 2 is 1.48 bits per heavy atom. The van der Waals surface area contributed by atoms with E-state index in [9.17, 15) is 4.79 Å². The molecular weight excluding hydrogens is 546 g/mol. The van der Waals surface area contributed by atoms with E-state index in [1.165, 1.54) is 5.56 Å². The summed E-state index contributed by atoms with van der Waals surface area (Å²) < 4.78 is 6.07. The number of hydrogen-bond donors (Lipinski definition) is 2. The Balaban J connectivity index is 1.18. The first-order valence-electron chi connectivity index (χ1n) is 15.0. The van der Waals surface area contributed by atoms with Crippen LogP contribution >= 0.6 is 0 Å². The third-order valence-electron chi connectivity index (χ3n) is 9.18. The second-order valence-corrected chi connectivity index (χ2v) is 11.6. The number of carbonyl (C=O) groups excluding carboxylic acids is 1. The Morgan fingerprint density at radius 1 is 0.750 bits per heavy atom. The van der Waals surface area contributed by atoms with E-state index in [0.29, 0.717) is 31.5 Å². The first-order chi connectivity index (χ1) is 21.6. The van der Waals surface area contributed by atoms with Crippen LogP contribution in [0.1, 0.15) is 39.9 Å². The molecule has 0 radical (unpaired) electrons. The van der Waals surface area contributed by atoms with Gasteiger partial charge in [-0.1, -0.05) is 78.9 Å². The fourth-order valence-corrected chi connectivity index (χ4v) is 6.85. The topological polar surface area (TPSA) is 79.4 Å². The van der Waals surface area contributed by atoms with Gasteiger partial charge in [-0.3, -0.25) is 14.9 Å². The van der Waals surface area contributed by atoms with E-state index >= 15 is 0 Å². The molecule has 216 valence electrons. The monoisotopic (exact) mass is 577 g/mol. The highest BCUT2D eigenvalue weighted by Crippen LogP contribution is 2.46. The molecule has 7 nitrogen and oxygen atoms in total. The number of nitrogens with zero attached hydrogens (tertiary/aromatic N) is 3. The van der Waals surface area contributed by atoms with Crippen molar-refractivity contribution in [1.82, 2.24) is 25.7 Å². The largest absolute Gasteiger partial charge is 0.450 e. The molecule has 5 aromatic rings. The Morgan fingerprint density at radius 3 is 2.27 bits per heavy atom. The first-order valence-corrected chi connectivity index (χ1v) is 15.0. The van der Waals surface area contributed by atoms with Crippen LogP contribution in [0.15, 0.2) is 128 Å². The highest BCUT2D eigenvalue weighted by Gasteiger charge is 2.51. The maximum atomic E-state index is 12.8. The molecule has 2 N–H and O–H groups in total. The maximum absolute atomic E-state index is 12.8. The number of esters is 1. The van der Waals surface area contributed by atoms with Gasteiger partial charge in [0.05, 0.1) is 17.0 Å². The minimum Gasteiger partial charge on any atom is -0.450 e. The van der Waals surface area contributed by atoms with Crippen molar-refractivity contribution in [3.63, 3.8) is 0 Å². The summed E-state index contributed by atoms with van der Waals surface area (Å²) in [6.45, 7) is 1.40. The quantitative estimate of drug-likeness (QED) is 0.238. The molecule has 3 aliphatic heterocycles. The molecule has 0 amide bonds. The van der Waals surface area contributed by atoms with Crippen LogP contribution in [0.4, 0.5) is 0 Å². The number of piperidine rings is 1. The average molecular weight is 578 g/mol. The minimum absolute atomic E-state index is 0.256. The maximum Gasteiger partial charge on any atom is 0.339 e. The number of hydrazine groups is 1. The molecule has 0 bridgehead atoms. The lowest BCUT2D eigenvalue weighted by Gasteiger charge is -2.46. The van der Waals surface area contributed by atoms with Crippen molar-refractivity contribution in [1.29, 1.82) is 0 Å². The SMILES string of the molecule is O=C1OC2(CCN(C3(c4ccnc(-c5ccccc5)c4)C=C(c4cccc(-c5ccccc5)c4)NN3)CC2)c2cnccc21. The van der Waals surface area contributed by atoms with Crippen LogP contribution in [0.25, 0.3) is 28.1 Å². The predicted molar refractivity (Wildman–Crippen MR) is 170 cm³/mol. The summed E-state index contributed by atoms with van der Waals surface area (Å²) in [6.07, 6.45) is 8.97. The van der Waals surface area contributed by atoms with E-state index in [1.54, 1.807) is 18.5 Å². The molecule has 7 heteroatoms. The van der Waals surface area contributed by atoms with Crippen LogP contribution in [0.3, 0.4) is 0 Å². The summed E-state index contributed by atoms with van der Waals surface area (Å²) in [5.74, 6) is -0.256. The Bertz CT molecular complexity index is 1880. The normalized spacial score (nSPS) is 20.5. The number of fused-ring (bicyclic) bond motifs is 2. The molecule has 8 rings (SSSR count). The second-order valence-electron chi connectivity index (χ2n) is 11.6. The fourth-order valence-electron chi connectivity index (χ4n) is 6.85. The number of ether oxygens (including phenoxy) is 1. The third kappa shape index (κ3) is 4.40. The van der Waals surface area contributed by atoms with Gasteiger partial charge >= 0.3 is 5.97 Å². The lowest BCUT2D eigenvalue weighted by Crippen LogP contribution is -2.59. The van der Waals surface area contributed by atoms with E-state index in [2.05, 4.69) is 99.6 Å². The molecule has 5 heterocycles. The molecule has 3 aromatic carbocycles. The van der Waals surface area contributed by atoms with Gasteiger partial charge in [0.25, 0.3) is 0 Å². The van der Waals surface area contributed by atoms with Crippen LogP contribution in [0.5, 0.6) is 0 Å². The van der Waals surface area contributed by atoms with E-state index in [4.69, 9.17) is 9.72 Å². The van der Waals surface area contributed by atoms with Crippen LogP contribution in [-0.4, -0.2) is 33.9 Å². The summed E-state index contributed by atoms with van der Waals surface area (Å²) in [5.41, 5.74) is 14.9. The van der Waals surface area contributed by atoms with Crippen molar-refractivity contribution in [3.05, 3.63) is 150 Å². The lowest BCUT2D eigenvalue weighted by molar-refractivity contribution is -0.0625. The number of pyridine rings is 2. The first kappa shape index (κ1) is 26.5. The molecule has 44 heavy (non-hydrogen) atoms. The second kappa shape index (κ2) is 10.6. The van der Waals surface area contributed by atoms with Crippen molar-refractivity contribution in [3.8, 4) is 22.4 Å². The zero-order valence-corrected chi connectivity index (χ0v) is 24.1. The lowest BCUT2D eigenvalue weighted by atomic mass is 9.83. The zero-order valence-electron chi connectivity index (χ0n) is 24.1.